The predicted molar refractivity (Wildman–Crippen MR) is 277 cm³/mol. The minimum Gasteiger partial charge on any atom is -0.379 e. The highest BCUT2D eigenvalue weighted by molar-refractivity contribution is 5.58. The summed E-state index contributed by atoms with van der Waals surface area (Å²) in [6, 6.07) is -2.21. The largest absolute Gasteiger partial charge is 0.379 e. The SMILES string of the molecule is CCCCOCC(O[C@H]1O[C@@H](CN=[N+]=[N-])[C@@H](OCCCC)C(OCCCC)C1N=[N+]=[N-])[C@@H](COCCCC)OCOC(COCCCC)[C@@H](CN=[N+]=[N-])O[C@H]1OC(C=O)[C@@H](OCCCC)C(OCCCC)C1N=[N+]=[N-]. The van der Waals surface area contributed by atoms with Crippen molar-refractivity contribution in [2.45, 2.75) is 224 Å². The maximum atomic E-state index is 12.7. The van der Waals surface area contributed by atoms with Crippen LogP contribution in [0.25, 0.3) is 41.8 Å². The normalized spacial score (nSPS) is 25.2. The molecule has 0 aromatic heterocycles. The number of nitrogens with zero attached hydrogens (tertiary/aromatic N) is 12. The summed E-state index contributed by atoms with van der Waals surface area (Å²) in [5.74, 6) is 0. The fourth-order valence-electron chi connectivity index (χ4n) is 7.95. The molecule has 2 fully saturated rings. The Labute approximate surface area is 443 Å². The summed E-state index contributed by atoms with van der Waals surface area (Å²) in [5, 5.41) is 15.9. The molecule has 430 valence electrons. The highest BCUT2D eigenvalue weighted by Crippen LogP contribution is 2.33. The first-order chi connectivity index (χ1) is 36.8. The van der Waals surface area contributed by atoms with Crippen LogP contribution in [0.15, 0.2) is 20.5 Å². The molecule has 0 aliphatic carbocycles. The molecule has 0 amide bonds. The Bertz CT molecular complexity index is 1660. The van der Waals surface area contributed by atoms with Crippen molar-refractivity contribution in [1.29, 1.82) is 0 Å². The van der Waals surface area contributed by atoms with E-state index in [9.17, 15) is 26.9 Å². The average molecular weight is 1070 g/mol. The summed E-state index contributed by atoms with van der Waals surface area (Å²) >= 11 is 0. The Morgan fingerprint density at radius 1 is 0.480 bits per heavy atom. The van der Waals surface area contributed by atoms with Crippen molar-refractivity contribution in [2.24, 2.45) is 20.5 Å². The van der Waals surface area contributed by atoms with Gasteiger partial charge in [0, 0.05) is 65.9 Å². The van der Waals surface area contributed by atoms with Crippen LogP contribution in [0.5, 0.6) is 0 Å². The molecule has 0 aromatic carbocycles. The first-order valence-corrected chi connectivity index (χ1v) is 27.4. The van der Waals surface area contributed by atoms with E-state index in [1.807, 2.05) is 48.5 Å². The summed E-state index contributed by atoms with van der Waals surface area (Å²) in [6.45, 7) is 15.7. The van der Waals surface area contributed by atoms with Gasteiger partial charge in [0.25, 0.3) is 0 Å². The average Bonchev–Trinajstić information content (AvgIpc) is 3.41. The Kier molecular flexibility index (Phi) is 39.9. The van der Waals surface area contributed by atoms with Crippen LogP contribution in [0, 0.1) is 0 Å². The molecular formula is C49H90N12O14. The number of hydrogen-bond acceptors (Lipinski definition) is 18. The topological polar surface area (TPSA) is 332 Å². The molecule has 0 radical (unpaired) electrons. The fourth-order valence-corrected chi connectivity index (χ4v) is 7.95. The highest BCUT2D eigenvalue weighted by Gasteiger charge is 2.50. The molecule has 26 heteroatoms. The van der Waals surface area contributed by atoms with E-state index in [2.05, 4.69) is 40.1 Å². The molecule has 0 aromatic rings. The third kappa shape index (κ3) is 26.1. The molecule has 2 aliphatic rings. The van der Waals surface area contributed by atoms with E-state index in [0.717, 1.165) is 77.0 Å². The number of ether oxygens (including phenoxy) is 13. The number of azide groups is 4. The lowest BCUT2D eigenvalue weighted by Gasteiger charge is -2.45. The number of carbonyl (C=O) groups is 1. The van der Waals surface area contributed by atoms with Crippen molar-refractivity contribution in [1.82, 2.24) is 0 Å². The molecule has 2 aliphatic heterocycles. The van der Waals surface area contributed by atoms with Gasteiger partial charge in [0.2, 0.25) is 0 Å². The maximum absolute atomic E-state index is 12.7. The van der Waals surface area contributed by atoms with Crippen LogP contribution in [0.3, 0.4) is 0 Å². The van der Waals surface area contributed by atoms with E-state index in [4.69, 9.17) is 61.6 Å². The second kappa shape index (κ2) is 44.4. The van der Waals surface area contributed by atoms with Gasteiger partial charge in [0.05, 0.1) is 51.2 Å². The van der Waals surface area contributed by atoms with Crippen molar-refractivity contribution in [3.8, 4) is 0 Å². The van der Waals surface area contributed by atoms with Crippen molar-refractivity contribution in [3.05, 3.63) is 41.8 Å². The zero-order valence-corrected chi connectivity index (χ0v) is 45.8. The molecule has 0 N–H and O–H groups in total. The Hall–Kier alpha value is -3.61. The summed E-state index contributed by atoms with van der Waals surface area (Å²) in [4.78, 5) is 25.0. The number of carbonyl (C=O) groups excluding carboxylic acids is 1. The van der Waals surface area contributed by atoms with E-state index in [1.54, 1.807) is 0 Å². The Morgan fingerprint density at radius 2 is 0.880 bits per heavy atom. The minimum absolute atomic E-state index is 0.000514. The Balaban J connectivity index is 2.66. The van der Waals surface area contributed by atoms with Gasteiger partial charge in [0.1, 0.15) is 61.6 Å². The number of aldehydes is 1. The molecule has 0 bridgehead atoms. The van der Waals surface area contributed by atoms with Gasteiger partial charge in [-0.2, -0.15) is 0 Å². The van der Waals surface area contributed by atoms with Gasteiger partial charge in [-0.15, -0.1) is 0 Å². The number of unbranched alkanes of at least 4 members (excludes halogenated alkanes) is 7. The van der Waals surface area contributed by atoms with Crippen LogP contribution >= 0.6 is 0 Å². The summed E-state index contributed by atoms with van der Waals surface area (Å²) < 4.78 is 82.9. The molecule has 26 nitrogen and oxygen atoms in total. The smallest absolute Gasteiger partial charge is 0.170 e. The van der Waals surface area contributed by atoms with Crippen molar-refractivity contribution < 1.29 is 66.4 Å². The third-order valence-corrected chi connectivity index (χ3v) is 12.3. The van der Waals surface area contributed by atoms with E-state index in [1.165, 1.54) is 0 Å². The Morgan fingerprint density at radius 3 is 1.33 bits per heavy atom. The molecule has 14 atom stereocenters. The van der Waals surface area contributed by atoms with E-state index >= 15 is 0 Å². The van der Waals surface area contributed by atoms with Crippen molar-refractivity contribution in [3.63, 3.8) is 0 Å². The van der Waals surface area contributed by atoms with Crippen LogP contribution in [-0.4, -0.2) is 178 Å². The molecule has 2 saturated heterocycles. The first kappa shape index (κ1) is 67.5. The second-order valence-corrected chi connectivity index (χ2v) is 18.3. The van der Waals surface area contributed by atoms with Crippen LogP contribution in [-0.2, 0) is 66.4 Å². The third-order valence-electron chi connectivity index (χ3n) is 12.3. The van der Waals surface area contributed by atoms with Gasteiger partial charge in [-0.05, 0) is 67.1 Å². The maximum Gasteiger partial charge on any atom is 0.170 e. The number of hydrogen-bond donors (Lipinski definition) is 0. The molecule has 0 spiro atoms. The van der Waals surface area contributed by atoms with Gasteiger partial charge < -0.3 is 66.4 Å². The molecule has 7 unspecified atom stereocenters. The highest BCUT2D eigenvalue weighted by atomic mass is 16.7. The van der Waals surface area contributed by atoms with E-state index in [-0.39, 0.29) is 39.5 Å². The molecular weight excluding hydrogens is 981 g/mol. The summed E-state index contributed by atoms with van der Waals surface area (Å²) in [7, 11) is 0. The molecule has 2 rings (SSSR count). The first-order valence-electron chi connectivity index (χ1n) is 27.4. The second-order valence-electron chi connectivity index (χ2n) is 18.3. The quantitative estimate of drug-likeness (QED) is 0.0137. The fraction of sp³-hybridized carbons (Fsp3) is 0.980. The lowest BCUT2D eigenvalue weighted by molar-refractivity contribution is -0.304. The van der Waals surface area contributed by atoms with Gasteiger partial charge in [-0.3, -0.25) is 0 Å². The van der Waals surface area contributed by atoms with Crippen LogP contribution < -0.4 is 0 Å². The summed E-state index contributed by atoms with van der Waals surface area (Å²) in [6.07, 6.45) is -0.465. The minimum atomic E-state index is -1.39. The molecule has 2 heterocycles. The zero-order valence-electron chi connectivity index (χ0n) is 45.8. The summed E-state index contributed by atoms with van der Waals surface area (Å²) in [5.41, 5.74) is 38.8. The number of rotatable bonds is 48. The van der Waals surface area contributed by atoms with Crippen LogP contribution in [0.1, 0.15) is 138 Å². The zero-order chi connectivity index (χ0) is 54.7. The predicted octanol–water partition coefficient (Wildman–Crippen LogP) is 10.3. The van der Waals surface area contributed by atoms with Crippen molar-refractivity contribution in [2.75, 3.05) is 86.0 Å². The van der Waals surface area contributed by atoms with Gasteiger partial charge >= 0.3 is 0 Å². The van der Waals surface area contributed by atoms with Crippen LogP contribution in [0.4, 0.5) is 0 Å². The van der Waals surface area contributed by atoms with Gasteiger partial charge in [-0.25, -0.2) is 0 Å². The lowest BCUT2D eigenvalue weighted by Crippen LogP contribution is -2.61. The van der Waals surface area contributed by atoms with E-state index in [0.29, 0.717) is 58.8 Å². The van der Waals surface area contributed by atoms with Gasteiger partial charge in [0.15, 0.2) is 18.9 Å². The van der Waals surface area contributed by atoms with Gasteiger partial charge in [-0.1, -0.05) is 114 Å². The van der Waals surface area contributed by atoms with Crippen molar-refractivity contribution >= 4 is 6.29 Å². The van der Waals surface area contributed by atoms with E-state index < -0.39 is 92.5 Å². The van der Waals surface area contributed by atoms with Crippen LogP contribution in [0.2, 0.25) is 0 Å². The lowest BCUT2D eigenvalue weighted by atomic mass is 9.96. The molecule has 75 heavy (non-hydrogen) atoms. The monoisotopic (exact) mass is 1070 g/mol. The standard InChI is InChI=1S/C49H90N12O14/c1-8-15-22-63-32-39(36(29-54-58-50)72-48-43(57-61-53)47(69-28-21-14-7)45(38(31-62)74-48)67-26-19-12-5)70-35-71-40(33-64-23-16-9-2)41(34-65-24-17-10-3)75-49-42(56-60-52)46(68-27-20-13-6)44(66-25-18-11-4)37(73-49)30-55-59-51/h31,36-49H,8-30,32-35H2,1-7H3/t36-,37+,38?,39?,40-,41?,42?,43?,44-,45-,46?,47?,48+,49-/m1/s1. The molecule has 0 saturated carbocycles.